The van der Waals surface area contributed by atoms with Gasteiger partial charge in [0.15, 0.2) is 5.96 Å². The van der Waals surface area contributed by atoms with E-state index in [1.165, 1.54) is 11.3 Å². The van der Waals surface area contributed by atoms with E-state index in [1.807, 2.05) is 12.1 Å². The number of amides is 1. The van der Waals surface area contributed by atoms with Crippen molar-refractivity contribution < 1.29 is 9.53 Å². The number of carbonyl (C=O) groups is 1. The summed E-state index contributed by atoms with van der Waals surface area (Å²) in [6, 6.07) is 5.99. The highest BCUT2D eigenvalue weighted by Crippen LogP contribution is 2.25. The maximum absolute atomic E-state index is 11.9. The minimum atomic E-state index is -0.0192. The molecule has 158 valence electrons. The molecule has 0 aliphatic carbocycles. The summed E-state index contributed by atoms with van der Waals surface area (Å²) in [6.45, 7) is 6.85. The number of anilines is 1. The predicted molar refractivity (Wildman–Crippen MR) is 126 cm³/mol. The molecule has 0 aromatic heterocycles. The number of benzene rings is 1. The summed E-state index contributed by atoms with van der Waals surface area (Å²) in [5.74, 6) is 0.735. The van der Waals surface area contributed by atoms with Crippen LogP contribution in [0.15, 0.2) is 23.2 Å². The number of guanidine groups is 1. The summed E-state index contributed by atoms with van der Waals surface area (Å²) >= 11 is 6.17. The maximum Gasteiger partial charge on any atom is 0.243 e. The van der Waals surface area contributed by atoms with Crippen molar-refractivity contribution in [3.05, 3.63) is 28.8 Å². The summed E-state index contributed by atoms with van der Waals surface area (Å²) < 4.78 is 5.11. The number of hydrogen-bond donors (Lipinski definition) is 1. The van der Waals surface area contributed by atoms with Gasteiger partial charge in [0.05, 0.1) is 6.61 Å². The van der Waals surface area contributed by atoms with Crippen molar-refractivity contribution in [2.45, 2.75) is 6.92 Å². The molecule has 0 unspecified atom stereocenters. The number of ether oxygens (including phenoxy) is 1. The molecule has 1 aromatic rings. The zero-order chi connectivity index (χ0) is 19.8. The van der Waals surface area contributed by atoms with Crippen LogP contribution in [0.1, 0.15) is 5.56 Å². The van der Waals surface area contributed by atoms with Crippen molar-refractivity contribution in [2.24, 2.45) is 4.99 Å². The van der Waals surface area contributed by atoms with Gasteiger partial charge in [-0.15, -0.1) is 24.0 Å². The minimum absolute atomic E-state index is 0. The van der Waals surface area contributed by atoms with Crippen LogP contribution >= 0.6 is 35.6 Å². The minimum Gasteiger partial charge on any atom is -0.383 e. The van der Waals surface area contributed by atoms with E-state index < -0.39 is 0 Å². The molecule has 0 saturated carbocycles. The standard InChI is InChI=1S/C19H30ClN5O2.HI/c1-15-5-6-16(20)13-17(15)24-8-10-25(11-9-24)19(21-7-12-27-4)22-14-18(26)23(2)3;/h5-6,13H,7-12,14H2,1-4H3,(H,21,22);1H. The number of aliphatic imine (C=N–C) groups is 1. The molecule has 28 heavy (non-hydrogen) atoms. The lowest BCUT2D eigenvalue weighted by Gasteiger charge is -2.38. The second-order valence-electron chi connectivity index (χ2n) is 6.75. The van der Waals surface area contributed by atoms with Crippen LogP contribution in [0, 0.1) is 6.92 Å². The topological polar surface area (TPSA) is 60.4 Å². The fourth-order valence-corrected chi connectivity index (χ4v) is 3.07. The van der Waals surface area contributed by atoms with Crippen molar-refractivity contribution in [1.82, 2.24) is 15.1 Å². The van der Waals surface area contributed by atoms with Gasteiger partial charge in [-0.25, -0.2) is 4.99 Å². The Morgan fingerprint density at radius 2 is 1.96 bits per heavy atom. The van der Waals surface area contributed by atoms with Gasteiger partial charge in [0.1, 0.15) is 6.54 Å². The number of nitrogens with zero attached hydrogens (tertiary/aromatic N) is 4. The van der Waals surface area contributed by atoms with Gasteiger partial charge in [-0.3, -0.25) is 4.79 Å². The Morgan fingerprint density at radius 1 is 1.29 bits per heavy atom. The van der Waals surface area contributed by atoms with Crippen LogP contribution in [0.3, 0.4) is 0 Å². The van der Waals surface area contributed by atoms with Crippen LogP contribution in [0.2, 0.25) is 5.02 Å². The van der Waals surface area contributed by atoms with E-state index in [1.54, 1.807) is 26.1 Å². The lowest BCUT2D eigenvalue weighted by Crippen LogP contribution is -2.53. The number of halogens is 2. The molecule has 2 rings (SSSR count). The molecule has 0 radical (unpaired) electrons. The molecular formula is C19H31ClIN5O2. The van der Waals surface area contributed by atoms with Gasteiger partial charge in [-0.05, 0) is 24.6 Å². The Bertz CT molecular complexity index is 664. The highest BCUT2D eigenvalue weighted by molar-refractivity contribution is 14.0. The number of carbonyl (C=O) groups excluding carboxylic acids is 1. The SMILES string of the molecule is COCCNC(=NCC(=O)N(C)C)N1CCN(c2cc(Cl)ccc2C)CC1.I. The third-order valence-corrected chi connectivity index (χ3v) is 4.78. The number of aryl methyl sites for hydroxylation is 1. The molecule has 7 nitrogen and oxygen atoms in total. The Balaban J connectivity index is 0.00000392. The van der Waals surface area contributed by atoms with E-state index >= 15 is 0 Å². The van der Waals surface area contributed by atoms with Crippen molar-refractivity contribution >= 4 is 53.1 Å². The van der Waals surface area contributed by atoms with Gasteiger partial charge in [0.25, 0.3) is 0 Å². The Kier molecular flexibility index (Phi) is 10.9. The number of hydrogen-bond acceptors (Lipinski definition) is 4. The summed E-state index contributed by atoms with van der Waals surface area (Å²) in [5, 5.41) is 4.05. The first-order valence-corrected chi connectivity index (χ1v) is 9.53. The molecule has 1 aromatic carbocycles. The fraction of sp³-hybridized carbons (Fsp3) is 0.579. The highest BCUT2D eigenvalue weighted by atomic mass is 127. The van der Waals surface area contributed by atoms with Crippen LogP contribution in [0.5, 0.6) is 0 Å². The van der Waals surface area contributed by atoms with E-state index in [9.17, 15) is 4.79 Å². The van der Waals surface area contributed by atoms with Crippen LogP contribution in [0.4, 0.5) is 5.69 Å². The number of methoxy groups -OCH3 is 1. The van der Waals surface area contributed by atoms with Crippen molar-refractivity contribution in [3.8, 4) is 0 Å². The zero-order valence-electron chi connectivity index (χ0n) is 17.1. The van der Waals surface area contributed by atoms with Crippen LogP contribution in [0.25, 0.3) is 0 Å². The molecule has 9 heteroatoms. The second kappa shape index (κ2) is 12.3. The number of nitrogens with one attached hydrogen (secondary N) is 1. The first kappa shape index (κ1) is 24.8. The fourth-order valence-electron chi connectivity index (χ4n) is 2.90. The average molecular weight is 524 g/mol. The van der Waals surface area contributed by atoms with Crippen molar-refractivity contribution in [3.63, 3.8) is 0 Å². The molecule has 0 atom stereocenters. The van der Waals surface area contributed by atoms with Gasteiger partial charge < -0.3 is 24.8 Å². The van der Waals surface area contributed by atoms with Gasteiger partial charge in [-0.1, -0.05) is 17.7 Å². The van der Waals surface area contributed by atoms with E-state index in [0.29, 0.717) is 13.2 Å². The molecule has 0 bridgehead atoms. The third kappa shape index (κ3) is 7.29. The average Bonchev–Trinajstić information content (AvgIpc) is 2.66. The van der Waals surface area contributed by atoms with Crippen LogP contribution in [-0.4, -0.2) is 88.7 Å². The smallest absolute Gasteiger partial charge is 0.243 e. The molecular weight excluding hydrogens is 493 g/mol. The Hall–Kier alpha value is -1.26. The van der Waals surface area contributed by atoms with Crippen molar-refractivity contribution in [2.75, 3.05) is 72.0 Å². The monoisotopic (exact) mass is 523 g/mol. The molecule has 1 N–H and O–H groups in total. The van der Waals surface area contributed by atoms with E-state index in [4.69, 9.17) is 16.3 Å². The largest absolute Gasteiger partial charge is 0.383 e. The number of rotatable bonds is 6. The molecule has 1 fully saturated rings. The third-order valence-electron chi connectivity index (χ3n) is 4.54. The van der Waals surface area contributed by atoms with Gasteiger partial charge in [-0.2, -0.15) is 0 Å². The summed E-state index contributed by atoms with van der Waals surface area (Å²) in [4.78, 5) is 22.5. The normalized spacial score (nSPS) is 14.5. The highest BCUT2D eigenvalue weighted by Gasteiger charge is 2.21. The van der Waals surface area contributed by atoms with E-state index in [2.05, 4.69) is 33.1 Å². The summed E-state index contributed by atoms with van der Waals surface area (Å²) in [6.07, 6.45) is 0. The lowest BCUT2D eigenvalue weighted by atomic mass is 10.1. The first-order valence-electron chi connectivity index (χ1n) is 9.16. The Morgan fingerprint density at radius 3 is 2.57 bits per heavy atom. The quantitative estimate of drug-likeness (QED) is 0.268. The number of likely N-dealkylation sites (N-methyl/N-ethyl adjacent to an activating group) is 1. The zero-order valence-corrected chi connectivity index (χ0v) is 20.2. The van der Waals surface area contributed by atoms with E-state index in [-0.39, 0.29) is 36.4 Å². The second-order valence-corrected chi connectivity index (χ2v) is 7.19. The van der Waals surface area contributed by atoms with Crippen LogP contribution in [-0.2, 0) is 9.53 Å². The van der Waals surface area contributed by atoms with E-state index in [0.717, 1.165) is 37.2 Å². The maximum atomic E-state index is 11.9. The van der Waals surface area contributed by atoms with Gasteiger partial charge in [0.2, 0.25) is 5.91 Å². The molecule has 1 aliphatic rings. The van der Waals surface area contributed by atoms with Crippen molar-refractivity contribution in [1.29, 1.82) is 0 Å². The molecule has 1 saturated heterocycles. The molecule has 1 aliphatic heterocycles. The predicted octanol–water partition coefficient (Wildman–Crippen LogP) is 2.07. The Labute approximate surface area is 190 Å². The van der Waals surface area contributed by atoms with Gasteiger partial charge in [0, 0.05) is 64.6 Å². The van der Waals surface area contributed by atoms with Crippen LogP contribution < -0.4 is 10.2 Å². The number of piperazine rings is 1. The first-order chi connectivity index (χ1) is 12.9. The molecule has 1 heterocycles. The lowest BCUT2D eigenvalue weighted by molar-refractivity contribution is -0.127. The molecule has 1 amide bonds. The summed E-state index contributed by atoms with van der Waals surface area (Å²) in [7, 11) is 5.14. The molecule has 0 spiro atoms. The van der Waals surface area contributed by atoms with Gasteiger partial charge >= 0.3 is 0 Å². The summed E-state index contributed by atoms with van der Waals surface area (Å²) in [5.41, 5.74) is 2.40.